The van der Waals surface area contributed by atoms with Crippen LogP contribution in [0.15, 0.2) is 12.1 Å². The standard InChI is InChI=1S/C17H23NO6/c1-22-7-5-16(19)18-6-4-11-8-14(23-2)15(24-3)9-12(11)13(18)10-17(20)21/h8-9,13H,4-7,10H2,1-3H3,(H,20,21). The number of aliphatic carboxylic acids is 1. The molecular weight excluding hydrogens is 314 g/mol. The number of hydrogen-bond donors (Lipinski definition) is 1. The number of benzene rings is 1. The van der Waals surface area contributed by atoms with Gasteiger partial charge < -0.3 is 24.2 Å². The first-order valence-electron chi connectivity index (χ1n) is 7.76. The molecule has 1 atom stereocenters. The van der Waals surface area contributed by atoms with E-state index in [4.69, 9.17) is 14.2 Å². The molecule has 1 aromatic carbocycles. The quantitative estimate of drug-likeness (QED) is 0.814. The Bertz CT molecular complexity index is 615. The van der Waals surface area contributed by atoms with Crippen LogP contribution in [0.1, 0.15) is 30.0 Å². The summed E-state index contributed by atoms with van der Waals surface area (Å²) in [5, 5.41) is 9.28. The van der Waals surface area contributed by atoms with Gasteiger partial charge >= 0.3 is 5.97 Å². The number of hydrogen-bond acceptors (Lipinski definition) is 5. The minimum Gasteiger partial charge on any atom is -0.493 e. The molecule has 1 heterocycles. The van der Waals surface area contributed by atoms with Crippen LogP contribution in [0, 0.1) is 0 Å². The average molecular weight is 337 g/mol. The third-order valence-electron chi connectivity index (χ3n) is 4.21. The molecule has 1 amide bonds. The second-order valence-electron chi connectivity index (χ2n) is 5.60. The van der Waals surface area contributed by atoms with E-state index >= 15 is 0 Å². The second-order valence-corrected chi connectivity index (χ2v) is 5.60. The predicted molar refractivity (Wildman–Crippen MR) is 86.4 cm³/mol. The first-order valence-corrected chi connectivity index (χ1v) is 7.76. The van der Waals surface area contributed by atoms with Gasteiger partial charge in [-0.05, 0) is 29.7 Å². The van der Waals surface area contributed by atoms with Crippen molar-refractivity contribution in [3.05, 3.63) is 23.3 Å². The van der Waals surface area contributed by atoms with Crippen LogP contribution in [0.5, 0.6) is 11.5 Å². The molecule has 2 rings (SSSR count). The number of methoxy groups -OCH3 is 3. The maximum Gasteiger partial charge on any atom is 0.305 e. The molecule has 0 radical (unpaired) electrons. The maximum atomic E-state index is 12.4. The van der Waals surface area contributed by atoms with E-state index < -0.39 is 12.0 Å². The Balaban J connectivity index is 2.40. The number of amides is 1. The summed E-state index contributed by atoms with van der Waals surface area (Å²) < 4.78 is 15.6. The smallest absolute Gasteiger partial charge is 0.305 e. The lowest BCUT2D eigenvalue weighted by atomic mass is 9.89. The lowest BCUT2D eigenvalue weighted by molar-refractivity contribution is -0.141. The lowest BCUT2D eigenvalue weighted by Crippen LogP contribution is -2.41. The summed E-state index contributed by atoms with van der Waals surface area (Å²) in [4.78, 5) is 25.4. The van der Waals surface area contributed by atoms with Gasteiger partial charge in [-0.25, -0.2) is 0 Å². The van der Waals surface area contributed by atoms with Crippen LogP contribution in [0.4, 0.5) is 0 Å². The van der Waals surface area contributed by atoms with Crippen LogP contribution in [0.3, 0.4) is 0 Å². The first kappa shape index (κ1) is 18.1. The van der Waals surface area contributed by atoms with Gasteiger partial charge in [0.25, 0.3) is 0 Å². The van der Waals surface area contributed by atoms with E-state index in [9.17, 15) is 14.7 Å². The molecule has 0 bridgehead atoms. The Hall–Kier alpha value is -2.28. The molecule has 1 unspecified atom stereocenters. The number of fused-ring (bicyclic) bond motifs is 1. The summed E-state index contributed by atoms with van der Waals surface area (Å²) in [6.45, 7) is 0.789. The summed E-state index contributed by atoms with van der Waals surface area (Å²) >= 11 is 0. The van der Waals surface area contributed by atoms with Gasteiger partial charge in [0, 0.05) is 13.7 Å². The molecule has 7 heteroatoms. The van der Waals surface area contributed by atoms with Gasteiger partial charge in [0.2, 0.25) is 5.91 Å². The highest BCUT2D eigenvalue weighted by Gasteiger charge is 2.33. The Morgan fingerprint density at radius 1 is 1.21 bits per heavy atom. The second kappa shape index (κ2) is 8.01. The molecule has 0 aliphatic carbocycles. The summed E-state index contributed by atoms with van der Waals surface area (Å²) in [5.41, 5.74) is 1.78. The van der Waals surface area contributed by atoms with Gasteiger partial charge in [-0.2, -0.15) is 0 Å². The Morgan fingerprint density at radius 2 is 1.88 bits per heavy atom. The largest absolute Gasteiger partial charge is 0.493 e. The molecule has 0 saturated heterocycles. The van der Waals surface area contributed by atoms with Crippen molar-refractivity contribution in [3.8, 4) is 11.5 Å². The number of carbonyl (C=O) groups excluding carboxylic acids is 1. The SMILES string of the molecule is COCCC(=O)N1CCc2cc(OC)c(OC)cc2C1CC(=O)O. The van der Waals surface area contributed by atoms with E-state index in [1.165, 1.54) is 14.2 Å². The zero-order valence-corrected chi connectivity index (χ0v) is 14.2. The minimum absolute atomic E-state index is 0.108. The van der Waals surface area contributed by atoms with E-state index in [0.717, 1.165) is 11.1 Å². The van der Waals surface area contributed by atoms with Crippen molar-refractivity contribution in [2.75, 3.05) is 34.5 Å². The molecule has 132 valence electrons. The molecule has 1 N–H and O–H groups in total. The topological polar surface area (TPSA) is 85.3 Å². The van der Waals surface area contributed by atoms with Gasteiger partial charge in [0.15, 0.2) is 11.5 Å². The lowest BCUT2D eigenvalue weighted by Gasteiger charge is -2.37. The Kier molecular flexibility index (Phi) is 6.03. The van der Waals surface area contributed by atoms with Crippen molar-refractivity contribution in [2.45, 2.75) is 25.3 Å². The molecule has 0 fully saturated rings. The van der Waals surface area contributed by atoms with E-state index in [0.29, 0.717) is 31.1 Å². The van der Waals surface area contributed by atoms with Crippen molar-refractivity contribution < 1.29 is 28.9 Å². The van der Waals surface area contributed by atoms with Crippen LogP contribution in [-0.4, -0.2) is 56.4 Å². The molecule has 0 aromatic heterocycles. The Morgan fingerprint density at radius 3 is 2.46 bits per heavy atom. The fourth-order valence-electron chi connectivity index (χ4n) is 3.05. The molecule has 7 nitrogen and oxygen atoms in total. The molecule has 1 aromatic rings. The summed E-state index contributed by atoms with van der Waals surface area (Å²) in [6.07, 6.45) is 0.723. The predicted octanol–water partition coefficient (Wildman–Crippen LogP) is 1.64. The highest BCUT2D eigenvalue weighted by Crippen LogP contribution is 2.39. The van der Waals surface area contributed by atoms with E-state index in [2.05, 4.69) is 0 Å². The first-order chi connectivity index (χ1) is 11.5. The van der Waals surface area contributed by atoms with E-state index in [1.807, 2.05) is 6.07 Å². The van der Waals surface area contributed by atoms with Gasteiger partial charge in [-0.3, -0.25) is 9.59 Å². The molecule has 0 saturated carbocycles. The summed E-state index contributed by atoms with van der Waals surface area (Å²) in [5.74, 6) is 0.0676. The van der Waals surface area contributed by atoms with Gasteiger partial charge in [0.05, 0.1) is 39.7 Å². The minimum atomic E-state index is -0.952. The maximum absolute atomic E-state index is 12.4. The molecule has 0 spiro atoms. The van der Waals surface area contributed by atoms with E-state index in [1.54, 1.807) is 18.1 Å². The zero-order valence-electron chi connectivity index (χ0n) is 14.2. The monoisotopic (exact) mass is 337 g/mol. The number of nitrogens with zero attached hydrogens (tertiary/aromatic N) is 1. The van der Waals surface area contributed by atoms with Crippen molar-refractivity contribution in [3.63, 3.8) is 0 Å². The Labute approximate surface area is 141 Å². The fraction of sp³-hybridized carbons (Fsp3) is 0.529. The zero-order chi connectivity index (χ0) is 17.7. The third-order valence-corrected chi connectivity index (χ3v) is 4.21. The summed E-state index contributed by atoms with van der Waals surface area (Å²) in [7, 11) is 4.62. The highest BCUT2D eigenvalue weighted by atomic mass is 16.5. The highest BCUT2D eigenvalue weighted by molar-refractivity contribution is 5.79. The molecule has 1 aliphatic heterocycles. The van der Waals surface area contributed by atoms with Gasteiger partial charge in [-0.15, -0.1) is 0 Å². The number of ether oxygens (including phenoxy) is 3. The number of carboxylic acids is 1. The van der Waals surface area contributed by atoms with Crippen LogP contribution in [0.2, 0.25) is 0 Å². The number of rotatable bonds is 7. The molecule has 1 aliphatic rings. The van der Waals surface area contributed by atoms with Crippen molar-refractivity contribution in [1.82, 2.24) is 4.90 Å². The average Bonchev–Trinajstić information content (AvgIpc) is 2.58. The normalized spacial score (nSPS) is 16.5. The van der Waals surface area contributed by atoms with Crippen molar-refractivity contribution in [2.24, 2.45) is 0 Å². The van der Waals surface area contributed by atoms with E-state index in [-0.39, 0.29) is 18.7 Å². The van der Waals surface area contributed by atoms with Crippen LogP contribution >= 0.6 is 0 Å². The van der Waals surface area contributed by atoms with Crippen molar-refractivity contribution >= 4 is 11.9 Å². The van der Waals surface area contributed by atoms with Gasteiger partial charge in [-0.1, -0.05) is 0 Å². The third kappa shape index (κ3) is 3.79. The number of carbonyl (C=O) groups is 2. The van der Waals surface area contributed by atoms with Gasteiger partial charge in [0.1, 0.15) is 0 Å². The van der Waals surface area contributed by atoms with Crippen LogP contribution in [0.25, 0.3) is 0 Å². The molecule has 24 heavy (non-hydrogen) atoms. The fourth-order valence-corrected chi connectivity index (χ4v) is 3.05. The van der Waals surface area contributed by atoms with Crippen molar-refractivity contribution in [1.29, 1.82) is 0 Å². The van der Waals surface area contributed by atoms with Crippen LogP contribution in [-0.2, 0) is 20.7 Å². The molecular formula is C17H23NO6. The number of carboxylic acid groups (broad SMARTS) is 1. The van der Waals surface area contributed by atoms with Crippen LogP contribution < -0.4 is 9.47 Å². The summed E-state index contributed by atoms with van der Waals surface area (Å²) in [6, 6.07) is 3.12.